The fourth-order valence-corrected chi connectivity index (χ4v) is 3.54. The van der Waals surface area contributed by atoms with Gasteiger partial charge in [0.25, 0.3) is 0 Å². The molecule has 1 saturated heterocycles. The summed E-state index contributed by atoms with van der Waals surface area (Å²) in [6, 6.07) is 13.3. The lowest BCUT2D eigenvalue weighted by Gasteiger charge is -2.33. The molecule has 0 bridgehead atoms. The summed E-state index contributed by atoms with van der Waals surface area (Å²) in [5.74, 6) is -0.227. The molecule has 0 N–H and O–H groups in total. The summed E-state index contributed by atoms with van der Waals surface area (Å²) in [4.78, 5) is 18.3. The highest BCUT2D eigenvalue weighted by atomic mass is 19.1. The molecule has 4 nitrogen and oxygen atoms in total. The Morgan fingerprint density at radius 2 is 1.81 bits per heavy atom. The molecular weight excluding hydrogens is 343 g/mol. The van der Waals surface area contributed by atoms with Crippen LogP contribution >= 0.6 is 0 Å². The molecule has 1 fully saturated rings. The van der Waals surface area contributed by atoms with Crippen molar-refractivity contribution in [2.45, 2.75) is 18.9 Å². The molecule has 0 spiro atoms. The van der Waals surface area contributed by atoms with Crippen molar-refractivity contribution < 1.29 is 13.9 Å². The van der Waals surface area contributed by atoms with Gasteiger partial charge in [-0.3, -0.25) is 4.79 Å². The zero-order valence-electron chi connectivity index (χ0n) is 15.4. The normalized spacial score (nSPS) is 16.6. The predicted octanol–water partition coefficient (Wildman–Crippen LogP) is 4.66. The maximum atomic E-state index is 13.0. The van der Waals surface area contributed by atoms with Gasteiger partial charge < -0.3 is 9.64 Å². The topological polar surface area (TPSA) is 33.9 Å². The number of hydrogen-bond donors (Lipinski definition) is 0. The van der Waals surface area contributed by atoms with E-state index in [2.05, 4.69) is 9.74 Å². The third-order valence-electron chi connectivity index (χ3n) is 5.19. The van der Waals surface area contributed by atoms with Gasteiger partial charge in [-0.15, -0.1) is 0 Å². The molecule has 1 aliphatic heterocycles. The molecule has 140 valence electrons. The van der Waals surface area contributed by atoms with Crippen molar-refractivity contribution in [3.05, 3.63) is 76.9 Å². The van der Waals surface area contributed by atoms with Crippen LogP contribution in [0.4, 0.5) is 10.1 Å². The average molecular weight is 366 g/mol. The second-order valence-corrected chi connectivity index (χ2v) is 6.87. The van der Waals surface area contributed by atoms with Crippen molar-refractivity contribution >= 4 is 11.5 Å². The number of hydrogen-bond acceptors (Lipinski definition) is 3. The molecule has 0 amide bonds. The summed E-state index contributed by atoms with van der Waals surface area (Å²) in [6.07, 6.45) is 1.53. The van der Waals surface area contributed by atoms with Gasteiger partial charge in [0.2, 0.25) is 0 Å². The van der Waals surface area contributed by atoms with Crippen LogP contribution in [0, 0.1) is 18.3 Å². The third-order valence-corrected chi connectivity index (χ3v) is 5.19. The molecule has 27 heavy (non-hydrogen) atoms. The van der Waals surface area contributed by atoms with Gasteiger partial charge in [-0.25, -0.2) is 9.24 Å². The largest absolute Gasteiger partial charge is 0.375 e. The second-order valence-electron chi connectivity index (χ2n) is 6.87. The van der Waals surface area contributed by atoms with Gasteiger partial charge in [0.15, 0.2) is 11.5 Å². The minimum absolute atomic E-state index is 0.00865. The number of Topliss-reactive ketones (excluding diaryl/α,β-unsaturated/α-hetero) is 1. The van der Waals surface area contributed by atoms with Gasteiger partial charge in [0.05, 0.1) is 12.7 Å². The Labute approximate surface area is 159 Å². The first-order chi connectivity index (χ1) is 13.1. The van der Waals surface area contributed by atoms with Crippen LogP contribution < -0.4 is 0 Å². The van der Waals surface area contributed by atoms with Crippen molar-refractivity contribution in [3.8, 4) is 0 Å². The molecule has 3 rings (SSSR count). The average Bonchev–Trinajstić information content (AvgIpc) is 2.72. The van der Waals surface area contributed by atoms with E-state index in [0.717, 1.165) is 38.0 Å². The first-order valence-corrected chi connectivity index (χ1v) is 9.13. The Morgan fingerprint density at radius 1 is 1.19 bits per heavy atom. The summed E-state index contributed by atoms with van der Waals surface area (Å²) in [5.41, 5.74) is 2.26. The lowest BCUT2D eigenvalue weighted by Crippen LogP contribution is -2.39. The van der Waals surface area contributed by atoms with E-state index in [0.29, 0.717) is 11.3 Å². The van der Waals surface area contributed by atoms with Crippen LogP contribution in [0.1, 0.15) is 34.9 Å². The van der Waals surface area contributed by atoms with Crippen LogP contribution in [0.3, 0.4) is 0 Å². The van der Waals surface area contributed by atoms with E-state index in [-0.39, 0.29) is 23.6 Å². The molecule has 1 atom stereocenters. The van der Waals surface area contributed by atoms with Gasteiger partial charge in [-0.2, -0.15) is 0 Å². The minimum Gasteiger partial charge on any atom is -0.375 e. The summed E-state index contributed by atoms with van der Waals surface area (Å²) in [6.45, 7) is 9.45. The molecule has 0 radical (unpaired) electrons. The number of likely N-dealkylation sites (tertiary alicyclic amines) is 1. The zero-order chi connectivity index (χ0) is 19.2. The quantitative estimate of drug-likeness (QED) is 0.551. The van der Waals surface area contributed by atoms with E-state index in [1.165, 1.54) is 12.1 Å². The first-order valence-electron chi connectivity index (χ1n) is 9.13. The van der Waals surface area contributed by atoms with Crippen molar-refractivity contribution in [1.82, 2.24) is 4.90 Å². The molecule has 1 unspecified atom stereocenters. The van der Waals surface area contributed by atoms with E-state index in [9.17, 15) is 9.18 Å². The Hall–Kier alpha value is -2.55. The molecule has 2 aromatic carbocycles. The number of benzene rings is 2. The number of ketones is 1. The van der Waals surface area contributed by atoms with Gasteiger partial charge in [0.1, 0.15) is 5.82 Å². The fraction of sp³-hybridized carbons (Fsp3) is 0.364. The lowest BCUT2D eigenvalue weighted by molar-refractivity contribution is 0.0485. The zero-order valence-corrected chi connectivity index (χ0v) is 15.4. The van der Waals surface area contributed by atoms with E-state index in [4.69, 9.17) is 11.3 Å². The summed E-state index contributed by atoms with van der Waals surface area (Å²) < 4.78 is 18.7. The standard InChI is InChI=1S/C22H23FN2O2/c1-24-20-9-5-16(6-10-20)21(27-2)15-25-13-11-18(12-14-25)22(26)17-3-7-19(23)8-4-17/h3-10,18,21H,11-15H2,2H3. The van der Waals surface area contributed by atoms with Crippen molar-refractivity contribution in [3.63, 3.8) is 0 Å². The number of carbonyl (C=O) groups is 1. The Kier molecular flexibility index (Phi) is 6.33. The Morgan fingerprint density at radius 3 is 2.37 bits per heavy atom. The number of halogens is 1. The Bertz CT molecular complexity index is 804. The summed E-state index contributed by atoms with van der Waals surface area (Å²) >= 11 is 0. The molecule has 0 saturated carbocycles. The van der Waals surface area contributed by atoms with Crippen LogP contribution in [-0.2, 0) is 4.74 Å². The number of rotatable bonds is 6. The highest BCUT2D eigenvalue weighted by molar-refractivity contribution is 5.97. The van der Waals surface area contributed by atoms with Crippen LogP contribution in [0.2, 0.25) is 0 Å². The summed E-state index contributed by atoms with van der Waals surface area (Å²) in [5, 5.41) is 0. The van der Waals surface area contributed by atoms with Crippen LogP contribution in [0.15, 0.2) is 48.5 Å². The van der Waals surface area contributed by atoms with E-state index in [1.807, 2.05) is 24.3 Å². The van der Waals surface area contributed by atoms with Gasteiger partial charge in [-0.1, -0.05) is 24.3 Å². The van der Waals surface area contributed by atoms with E-state index < -0.39 is 0 Å². The highest BCUT2D eigenvalue weighted by Gasteiger charge is 2.27. The fourth-order valence-electron chi connectivity index (χ4n) is 3.54. The smallest absolute Gasteiger partial charge is 0.187 e. The molecule has 1 heterocycles. The molecule has 1 aliphatic rings. The first kappa shape index (κ1) is 19.2. The second kappa shape index (κ2) is 8.90. The van der Waals surface area contributed by atoms with Gasteiger partial charge >= 0.3 is 0 Å². The lowest BCUT2D eigenvalue weighted by atomic mass is 9.88. The molecular formula is C22H23FN2O2. The maximum absolute atomic E-state index is 13.0. The molecule has 0 aromatic heterocycles. The monoisotopic (exact) mass is 366 g/mol. The van der Waals surface area contributed by atoms with Crippen molar-refractivity contribution in [1.29, 1.82) is 0 Å². The number of carbonyl (C=O) groups excluding carboxylic acids is 1. The molecule has 5 heteroatoms. The van der Waals surface area contributed by atoms with Crippen molar-refractivity contribution in [2.24, 2.45) is 5.92 Å². The number of piperidine rings is 1. The Balaban J connectivity index is 1.55. The van der Waals surface area contributed by atoms with Gasteiger partial charge in [0, 0.05) is 25.1 Å². The van der Waals surface area contributed by atoms with Gasteiger partial charge in [-0.05, 0) is 55.8 Å². The summed E-state index contributed by atoms with van der Waals surface area (Å²) in [7, 11) is 1.69. The van der Waals surface area contributed by atoms with Crippen molar-refractivity contribution in [2.75, 3.05) is 26.7 Å². The van der Waals surface area contributed by atoms with Crippen LogP contribution in [0.5, 0.6) is 0 Å². The highest BCUT2D eigenvalue weighted by Crippen LogP contribution is 2.26. The third kappa shape index (κ3) is 4.79. The van der Waals surface area contributed by atoms with E-state index >= 15 is 0 Å². The van der Waals surface area contributed by atoms with E-state index in [1.54, 1.807) is 19.2 Å². The minimum atomic E-state index is -0.323. The van der Waals surface area contributed by atoms with Crippen LogP contribution in [0.25, 0.3) is 4.85 Å². The number of methoxy groups -OCH3 is 1. The van der Waals surface area contributed by atoms with Crippen LogP contribution in [-0.4, -0.2) is 37.4 Å². The molecule has 2 aromatic rings. The SMILES string of the molecule is [C-]#[N+]c1ccc(C(CN2CCC(C(=O)c3ccc(F)cc3)CC2)OC)cc1. The number of ether oxygens (including phenoxy) is 1. The maximum Gasteiger partial charge on any atom is 0.187 e. The molecule has 0 aliphatic carbocycles. The number of nitrogens with zero attached hydrogens (tertiary/aromatic N) is 2. The predicted molar refractivity (Wildman–Crippen MR) is 102 cm³/mol.